The Kier molecular flexibility index (Phi) is 7.23. The molecule has 12 heavy (non-hydrogen) atoms. The van der Waals surface area contributed by atoms with Gasteiger partial charge in [-0.25, -0.2) is 0 Å². The first-order valence-electron chi connectivity index (χ1n) is 5.29. The molecule has 0 aromatic rings. The first kappa shape index (κ1) is 11.7. The van der Waals surface area contributed by atoms with E-state index in [0.29, 0.717) is 5.92 Å². The molecule has 0 nitrogen and oxygen atoms in total. The van der Waals surface area contributed by atoms with Gasteiger partial charge in [-0.3, -0.25) is 0 Å². The van der Waals surface area contributed by atoms with Crippen LogP contribution in [0.5, 0.6) is 0 Å². The lowest BCUT2D eigenvalue weighted by molar-refractivity contribution is 0.385. The van der Waals surface area contributed by atoms with Crippen molar-refractivity contribution in [2.24, 2.45) is 11.8 Å². The van der Waals surface area contributed by atoms with Crippen LogP contribution >= 0.6 is 0 Å². The van der Waals surface area contributed by atoms with Gasteiger partial charge in [0, 0.05) is 0 Å². The highest BCUT2D eigenvalue weighted by Gasteiger charge is 2.05. The smallest absolute Gasteiger partial charge is 0.0293 e. The maximum atomic E-state index is 3.56. The van der Waals surface area contributed by atoms with E-state index >= 15 is 0 Å². The van der Waals surface area contributed by atoms with Gasteiger partial charge in [0.05, 0.1) is 0 Å². The summed E-state index contributed by atoms with van der Waals surface area (Å²) in [6.45, 7) is 10.1. The molecule has 0 bridgehead atoms. The summed E-state index contributed by atoms with van der Waals surface area (Å²) in [6, 6.07) is 0. The van der Waals surface area contributed by atoms with Crippen LogP contribution in [0.15, 0.2) is 12.7 Å². The standard InChI is InChI=1S/C7H14.C5H10/c1-7-5-3-2-4-6-7;1-4-5(2)3/h7H,2-6H2,1H3;4-5H,1H2,2-3H3. The summed E-state index contributed by atoms with van der Waals surface area (Å²) in [5.74, 6) is 1.68. The van der Waals surface area contributed by atoms with E-state index in [1.165, 1.54) is 32.1 Å². The third-order valence-corrected chi connectivity index (χ3v) is 2.37. The van der Waals surface area contributed by atoms with Gasteiger partial charge < -0.3 is 0 Å². The van der Waals surface area contributed by atoms with E-state index in [2.05, 4.69) is 27.4 Å². The molecule has 1 saturated carbocycles. The molecular weight excluding hydrogens is 144 g/mol. The van der Waals surface area contributed by atoms with Crippen molar-refractivity contribution in [1.29, 1.82) is 0 Å². The second-order valence-electron chi connectivity index (χ2n) is 4.22. The predicted molar refractivity (Wildman–Crippen MR) is 57.3 cm³/mol. The molecule has 1 aliphatic rings. The van der Waals surface area contributed by atoms with E-state index in [1.54, 1.807) is 0 Å². The van der Waals surface area contributed by atoms with E-state index in [-0.39, 0.29) is 0 Å². The van der Waals surface area contributed by atoms with Gasteiger partial charge in [-0.05, 0) is 11.8 Å². The van der Waals surface area contributed by atoms with Crippen molar-refractivity contribution in [3.63, 3.8) is 0 Å². The lowest BCUT2D eigenvalue weighted by Gasteiger charge is -2.15. The summed E-state index contributed by atoms with van der Waals surface area (Å²) >= 11 is 0. The van der Waals surface area contributed by atoms with Crippen molar-refractivity contribution in [3.05, 3.63) is 12.7 Å². The first-order chi connectivity index (χ1) is 5.66. The zero-order valence-corrected chi connectivity index (χ0v) is 8.97. The molecule has 0 heterocycles. The Morgan fingerprint density at radius 2 is 1.58 bits per heavy atom. The van der Waals surface area contributed by atoms with Crippen molar-refractivity contribution < 1.29 is 0 Å². The first-order valence-corrected chi connectivity index (χ1v) is 5.29. The van der Waals surface area contributed by atoms with Crippen LogP contribution < -0.4 is 0 Å². The van der Waals surface area contributed by atoms with Crippen LogP contribution in [0.1, 0.15) is 52.9 Å². The monoisotopic (exact) mass is 168 g/mol. The maximum Gasteiger partial charge on any atom is -0.0293 e. The van der Waals surface area contributed by atoms with Gasteiger partial charge in [-0.15, -0.1) is 6.58 Å². The molecule has 0 aromatic carbocycles. The van der Waals surface area contributed by atoms with Crippen LogP contribution in [0.3, 0.4) is 0 Å². The van der Waals surface area contributed by atoms with Crippen molar-refractivity contribution in [2.75, 3.05) is 0 Å². The van der Waals surface area contributed by atoms with Crippen LogP contribution in [0, 0.1) is 11.8 Å². The van der Waals surface area contributed by atoms with Crippen LogP contribution in [0.2, 0.25) is 0 Å². The average Bonchev–Trinajstić information content (AvgIpc) is 2.07. The molecular formula is C12H24. The lowest BCUT2D eigenvalue weighted by atomic mass is 9.91. The molecule has 0 heteroatoms. The molecule has 1 aliphatic carbocycles. The van der Waals surface area contributed by atoms with E-state index in [0.717, 1.165) is 5.92 Å². The van der Waals surface area contributed by atoms with Crippen LogP contribution in [0.25, 0.3) is 0 Å². The van der Waals surface area contributed by atoms with Crippen molar-refractivity contribution in [3.8, 4) is 0 Å². The van der Waals surface area contributed by atoms with E-state index in [9.17, 15) is 0 Å². The maximum absolute atomic E-state index is 3.56. The molecule has 0 spiro atoms. The fraction of sp³-hybridized carbons (Fsp3) is 0.833. The molecule has 0 radical (unpaired) electrons. The van der Waals surface area contributed by atoms with E-state index < -0.39 is 0 Å². The van der Waals surface area contributed by atoms with Gasteiger partial charge in [-0.2, -0.15) is 0 Å². The minimum absolute atomic E-state index is 0.648. The molecule has 0 amide bonds. The van der Waals surface area contributed by atoms with Crippen LogP contribution in [-0.4, -0.2) is 0 Å². The quantitative estimate of drug-likeness (QED) is 0.509. The van der Waals surface area contributed by atoms with Crippen LogP contribution in [-0.2, 0) is 0 Å². The Balaban J connectivity index is 0.000000217. The zero-order valence-electron chi connectivity index (χ0n) is 8.97. The summed E-state index contributed by atoms with van der Waals surface area (Å²) in [6.07, 6.45) is 9.35. The number of hydrogen-bond donors (Lipinski definition) is 0. The minimum Gasteiger partial charge on any atom is -0.103 e. The van der Waals surface area contributed by atoms with Gasteiger partial charge in [0.2, 0.25) is 0 Å². The predicted octanol–water partition coefficient (Wildman–Crippen LogP) is 4.42. The summed E-state index contributed by atoms with van der Waals surface area (Å²) in [5, 5.41) is 0. The molecule has 0 N–H and O–H groups in total. The van der Waals surface area contributed by atoms with Gasteiger partial charge in [0.1, 0.15) is 0 Å². The van der Waals surface area contributed by atoms with Gasteiger partial charge >= 0.3 is 0 Å². The van der Waals surface area contributed by atoms with Gasteiger partial charge in [-0.1, -0.05) is 59.0 Å². The molecule has 0 aromatic heterocycles. The highest BCUT2D eigenvalue weighted by Crippen LogP contribution is 2.22. The molecule has 1 rings (SSSR count). The number of allylic oxidation sites excluding steroid dienone is 1. The van der Waals surface area contributed by atoms with Crippen molar-refractivity contribution in [1.82, 2.24) is 0 Å². The zero-order chi connectivity index (χ0) is 9.40. The lowest BCUT2D eigenvalue weighted by Crippen LogP contribution is -1.99. The molecule has 0 unspecified atom stereocenters. The summed E-state index contributed by atoms with van der Waals surface area (Å²) < 4.78 is 0. The van der Waals surface area contributed by atoms with Crippen LogP contribution in [0.4, 0.5) is 0 Å². The Labute approximate surface area is 78.1 Å². The van der Waals surface area contributed by atoms with E-state index in [1.807, 2.05) is 6.08 Å². The minimum atomic E-state index is 0.648. The molecule has 1 fully saturated rings. The topological polar surface area (TPSA) is 0 Å². The van der Waals surface area contributed by atoms with Crippen molar-refractivity contribution >= 4 is 0 Å². The Hall–Kier alpha value is -0.260. The second kappa shape index (κ2) is 7.39. The normalized spacial score (nSPS) is 18.3. The molecule has 0 aliphatic heterocycles. The number of hydrogen-bond acceptors (Lipinski definition) is 0. The third kappa shape index (κ3) is 7.84. The third-order valence-electron chi connectivity index (χ3n) is 2.37. The largest absolute Gasteiger partial charge is 0.103 e. The number of rotatable bonds is 1. The summed E-state index contributed by atoms with van der Waals surface area (Å²) in [5.41, 5.74) is 0. The van der Waals surface area contributed by atoms with E-state index in [4.69, 9.17) is 0 Å². The molecule has 0 atom stereocenters. The Bertz CT molecular complexity index is 96.6. The molecule has 72 valence electrons. The SMILES string of the molecule is C=CC(C)C.CC1CCCCC1. The fourth-order valence-electron chi connectivity index (χ4n) is 1.31. The average molecular weight is 168 g/mol. The summed E-state index contributed by atoms with van der Waals surface area (Å²) in [4.78, 5) is 0. The Morgan fingerprint density at radius 3 is 1.75 bits per heavy atom. The highest BCUT2D eigenvalue weighted by atomic mass is 14.1. The highest BCUT2D eigenvalue weighted by molar-refractivity contribution is 4.69. The second-order valence-corrected chi connectivity index (χ2v) is 4.22. The van der Waals surface area contributed by atoms with Crippen molar-refractivity contribution in [2.45, 2.75) is 52.9 Å². The van der Waals surface area contributed by atoms with Gasteiger partial charge in [0.15, 0.2) is 0 Å². The fourth-order valence-corrected chi connectivity index (χ4v) is 1.31. The Morgan fingerprint density at radius 1 is 1.17 bits per heavy atom. The summed E-state index contributed by atoms with van der Waals surface area (Å²) in [7, 11) is 0. The molecule has 0 saturated heterocycles. The van der Waals surface area contributed by atoms with Gasteiger partial charge in [0.25, 0.3) is 0 Å².